The summed E-state index contributed by atoms with van der Waals surface area (Å²) in [7, 11) is 0. The van der Waals surface area contributed by atoms with E-state index < -0.39 is 124 Å². The van der Waals surface area contributed by atoms with Gasteiger partial charge in [0.2, 0.25) is 5.91 Å². The van der Waals surface area contributed by atoms with Crippen LogP contribution in [0.4, 0.5) is 0 Å². The molecule has 0 saturated carbocycles. The third-order valence-electron chi connectivity index (χ3n) is 17.6. The zero-order valence-corrected chi connectivity index (χ0v) is 57.9. The van der Waals surface area contributed by atoms with Gasteiger partial charge in [-0.05, 0) is 89.9 Å². The van der Waals surface area contributed by atoms with Gasteiger partial charge in [0.05, 0.1) is 38.6 Å². The van der Waals surface area contributed by atoms with Crippen molar-refractivity contribution in [2.45, 2.75) is 336 Å². The highest BCUT2D eigenvalue weighted by molar-refractivity contribution is 5.76. The number of amides is 1. The number of allylic oxidation sites excluding steroid dienone is 17. The number of aliphatic hydroxyl groups excluding tert-OH is 11. The Balaban J connectivity index is 1.44. The minimum absolute atomic E-state index is 0.215. The molecule has 0 aromatic rings. The van der Waals surface area contributed by atoms with Crippen LogP contribution in [-0.2, 0) is 33.2 Å². The molecule has 0 aromatic heterocycles. The molecule has 3 heterocycles. The molecule has 0 aliphatic carbocycles. The highest BCUT2D eigenvalue weighted by Crippen LogP contribution is 2.33. The van der Waals surface area contributed by atoms with Crippen molar-refractivity contribution in [3.8, 4) is 0 Å². The normalized spacial score (nSPS) is 27.9. The number of hydrogen-bond donors (Lipinski definition) is 12. The maximum absolute atomic E-state index is 13.4. The van der Waals surface area contributed by atoms with E-state index in [1.807, 2.05) is 6.08 Å². The molecule has 0 bridgehead atoms. The summed E-state index contributed by atoms with van der Waals surface area (Å²) in [5, 5.41) is 121. The monoisotopic (exact) mass is 1340 g/mol. The summed E-state index contributed by atoms with van der Waals surface area (Å²) in [5.41, 5.74) is 0. The Morgan fingerprint density at radius 1 is 0.389 bits per heavy atom. The van der Waals surface area contributed by atoms with E-state index in [-0.39, 0.29) is 18.9 Å². The number of ether oxygens (including phenoxy) is 6. The van der Waals surface area contributed by atoms with Gasteiger partial charge in [-0.25, -0.2) is 0 Å². The molecule has 17 atom stereocenters. The molecule has 0 radical (unpaired) electrons. The molecule has 3 rings (SSSR count). The van der Waals surface area contributed by atoms with Crippen molar-refractivity contribution in [2.24, 2.45) is 0 Å². The van der Waals surface area contributed by atoms with Gasteiger partial charge in [-0.2, -0.15) is 0 Å². The van der Waals surface area contributed by atoms with Crippen molar-refractivity contribution >= 4 is 5.91 Å². The largest absolute Gasteiger partial charge is 0.394 e. The maximum Gasteiger partial charge on any atom is 0.220 e. The molecule has 95 heavy (non-hydrogen) atoms. The van der Waals surface area contributed by atoms with Gasteiger partial charge in [0.25, 0.3) is 0 Å². The number of rotatable bonds is 55. The van der Waals surface area contributed by atoms with Gasteiger partial charge in [0.15, 0.2) is 18.9 Å². The second-order valence-electron chi connectivity index (χ2n) is 25.7. The van der Waals surface area contributed by atoms with Crippen LogP contribution in [0.5, 0.6) is 0 Å². The summed E-state index contributed by atoms with van der Waals surface area (Å²) in [5.74, 6) is -0.300. The van der Waals surface area contributed by atoms with E-state index in [4.69, 9.17) is 28.4 Å². The highest BCUT2D eigenvalue weighted by Gasteiger charge is 2.53. The van der Waals surface area contributed by atoms with Gasteiger partial charge in [-0.3, -0.25) is 4.79 Å². The lowest BCUT2D eigenvalue weighted by Gasteiger charge is -2.48. The Labute approximate surface area is 570 Å². The number of hydrogen-bond acceptors (Lipinski definition) is 18. The minimum Gasteiger partial charge on any atom is -0.394 e. The SMILES string of the molecule is CC/C=C\C/C=C\C/C=C\C/C=C\C/C=C\C/C=C\C/C=C\CCCCCCCCCC(=O)NC(COC1OC(CO)C(OC2OC(CO)C(OC3OC(CO)C(O)C(O)C3O)C(O)C2O)C(O)C1O)C(O)/C=C/CC/C=C/CCCCCCCCCCCCCCCCC. The fraction of sp³-hybridized carbons (Fsp3) is 0.750. The Morgan fingerprint density at radius 3 is 1.18 bits per heavy atom. The van der Waals surface area contributed by atoms with Gasteiger partial charge in [0, 0.05) is 6.42 Å². The molecule has 3 saturated heterocycles. The Morgan fingerprint density at radius 2 is 0.737 bits per heavy atom. The van der Waals surface area contributed by atoms with Crippen molar-refractivity contribution in [3.05, 3.63) is 109 Å². The van der Waals surface area contributed by atoms with E-state index in [1.54, 1.807) is 6.08 Å². The smallest absolute Gasteiger partial charge is 0.220 e. The summed E-state index contributed by atoms with van der Waals surface area (Å²) >= 11 is 0. The second-order valence-corrected chi connectivity index (χ2v) is 25.7. The molecule has 546 valence electrons. The number of carbonyl (C=O) groups is 1. The van der Waals surface area contributed by atoms with Crippen molar-refractivity contribution in [3.63, 3.8) is 0 Å². The van der Waals surface area contributed by atoms with Gasteiger partial charge in [-0.15, -0.1) is 0 Å². The summed E-state index contributed by atoms with van der Waals surface area (Å²) < 4.78 is 34.4. The molecule has 19 heteroatoms. The van der Waals surface area contributed by atoms with E-state index in [0.29, 0.717) is 12.8 Å². The van der Waals surface area contributed by atoms with E-state index >= 15 is 0 Å². The van der Waals surface area contributed by atoms with Crippen LogP contribution in [0.2, 0.25) is 0 Å². The highest BCUT2D eigenvalue weighted by atomic mass is 16.8. The first-order valence-electron chi connectivity index (χ1n) is 36.6. The van der Waals surface area contributed by atoms with Crippen LogP contribution in [0, 0.1) is 0 Å². The third kappa shape index (κ3) is 37.5. The fourth-order valence-corrected chi connectivity index (χ4v) is 11.7. The zero-order chi connectivity index (χ0) is 68.9. The van der Waals surface area contributed by atoms with Crippen molar-refractivity contribution in [1.82, 2.24) is 5.32 Å². The molecule has 3 fully saturated rings. The van der Waals surface area contributed by atoms with Crippen LogP contribution in [0.3, 0.4) is 0 Å². The Hall–Kier alpha value is -3.55. The summed E-state index contributed by atoms with van der Waals surface area (Å²) in [6.45, 7) is 1.59. The number of nitrogens with one attached hydrogen (secondary N) is 1. The number of unbranched alkanes of at least 4 members (excludes halogenated alkanes) is 23. The summed E-state index contributed by atoms with van der Waals surface area (Å²) in [6, 6.07) is -1.01. The fourth-order valence-electron chi connectivity index (χ4n) is 11.7. The number of aliphatic hydroxyl groups is 11. The summed E-state index contributed by atoms with van der Waals surface area (Å²) in [4.78, 5) is 13.4. The van der Waals surface area contributed by atoms with E-state index in [1.165, 1.54) is 89.9 Å². The molecule has 17 unspecified atom stereocenters. The van der Waals surface area contributed by atoms with E-state index in [0.717, 1.165) is 109 Å². The predicted molar refractivity (Wildman–Crippen MR) is 374 cm³/mol. The van der Waals surface area contributed by atoms with Crippen molar-refractivity contribution < 1.29 is 89.4 Å². The van der Waals surface area contributed by atoms with Crippen LogP contribution < -0.4 is 5.32 Å². The lowest BCUT2D eigenvalue weighted by Crippen LogP contribution is -2.66. The quantitative estimate of drug-likeness (QED) is 0.0199. The molecule has 0 spiro atoms. The van der Waals surface area contributed by atoms with Crippen LogP contribution in [0.15, 0.2) is 109 Å². The van der Waals surface area contributed by atoms with Crippen LogP contribution in [0.25, 0.3) is 0 Å². The van der Waals surface area contributed by atoms with Crippen molar-refractivity contribution in [2.75, 3.05) is 26.4 Å². The molecular formula is C76H129NO18. The maximum atomic E-state index is 13.4. The Bertz CT molecular complexity index is 2140. The van der Waals surface area contributed by atoms with Crippen LogP contribution in [-0.4, -0.2) is 193 Å². The van der Waals surface area contributed by atoms with Gasteiger partial charge in [-0.1, -0.05) is 245 Å². The zero-order valence-electron chi connectivity index (χ0n) is 57.9. The predicted octanol–water partition coefficient (Wildman–Crippen LogP) is 10.6. The minimum atomic E-state index is -1.99. The first kappa shape index (κ1) is 85.7. The first-order valence-corrected chi connectivity index (χ1v) is 36.6. The number of carbonyl (C=O) groups excluding carboxylic acids is 1. The van der Waals surface area contributed by atoms with Gasteiger partial charge in [0.1, 0.15) is 73.2 Å². The topological polar surface area (TPSA) is 307 Å². The standard InChI is InChI=1S/C76H129NO18/c1-3-5-7-9-11-13-15-17-19-21-23-25-26-27-28-29-30-31-32-34-36-38-40-42-44-46-48-50-52-54-64(82)77-59(60(81)53-51-49-47-45-43-41-39-37-35-33-24-22-20-18-16-14-12-10-8-6-4-2)58-90-74-70(88)67(85)72(62(56-79)92-74)95-76-71(89)68(86)73(63(57-80)93-76)94-75-69(87)66(84)65(83)61(55-78)91-75/h5,7,11,13,17,19,23,25,27-28,30-31,34,36,43,45,51,53,59-63,65-76,78-81,83-89H,3-4,6,8-10,12,14-16,18,20-22,24,26,29,32-33,35,37-42,44,46-50,52,54-58H2,1-2H3,(H,77,82)/b7-5-,13-11-,19-17-,25-23-,28-27-,31-30-,36-34-,45-43+,53-51+. The molecule has 12 N–H and O–H groups in total. The molecule has 1 amide bonds. The van der Waals surface area contributed by atoms with Gasteiger partial charge >= 0.3 is 0 Å². The molecule has 3 aliphatic heterocycles. The average Bonchev–Trinajstić information content (AvgIpc) is 0.786. The molecule has 19 nitrogen and oxygen atoms in total. The second kappa shape index (κ2) is 56.2. The van der Waals surface area contributed by atoms with E-state index in [9.17, 15) is 61.0 Å². The molecular weight excluding hydrogens is 1210 g/mol. The van der Waals surface area contributed by atoms with E-state index in [2.05, 4.69) is 116 Å². The lowest BCUT2D eigenvalue weighted by molar-refractivity contribution is -0.379. The van der Waals surface area contributed by atoms with Crippen molar-refractivity contribution in [1.29, 1.82) is 0 Å². The molecule has 0 aromatic carbocycles. The third-order valence-corrected chi connectivity index (χ3v) is 17.6. The Kier molecular flexibility index (Phi) is 50.7. The first-order chi connectivity index (χ1) is 46.3. The van der Waals surface area contributed by atoms with Gasteiger partial charge < -0.3 is 89.9 Å². The lowest BCUT2D eigenvalue weighted by atomic mass is 9.96. The summed E-state index contributed by atoms with van der Waals surface area (Å²) in [6.07, 6.45) is 49.1. The van der Waals surface area contributed by atoms with Crippen LogP contribution in [0.1, 0.15) is 232 Å². The average molecular weight is 1340 g/mol. The molecule has 3 aliphatic rings. The van der Waals surface area contributed by atoms with Crippen LogP contribution >= 0.6 is 0 Å².